The summed E-state index contributed by atoms with van der Waals surface area (Å²) in [6.07, 6.45) is -3.03. The van der Waals surface area contributed by atoms with Crippen LogP contribution in [0.4, 0.5) is 30.4 Å². The van der Waals surface area contributed by atoms with Gasteiger partial charge in [-0.15, -0.1) is 0 Å². The van der Waals surface area contributed by atoms with Crippen LogP contribution in [-0.2, 0) is 6.18 Å². The molecule has 8 heteroatoms. The minimum Gasteiger partial charge on any atom is -0.495 e. The van der Waals surface area contributed by atoms with Crippen molar-refractivity contribution >= 4 is 23.1 Å². The lowest BCUT2D eigenvalue weighted by Gasteiger charge is -2.14. The molecule has 144 valence electrons. The number of ether oxygens (including phenoxy) is 1. The highest BCUT2D eigenvalue weighted by Gasteiger charge is 2.30. The van der Waals surface area contributed by atoms with Gasteiger partial charge in [0.25, 0.3) is 5.91 Å². The molecule has 28 heavy (non-hydrogen) atoms. The van der Waals surface area contributed by atoms with E-state index in [2.05, 4.69) is 15.6 Å². The quantitative estimate of drug-likeness (QED) is 0.639. The largest absolute Gasteiger partial charge is 0.495 e. The maximum absolute atomic E-state index is 12.9. The number of hydrogen-bond donors (Lipinski definition) is 2. The van der Waals surface area contributed by atoms with Gasteiger partial charge >= 0.3 is 6.18 Å². The highest BCUT2D eigenvalue weighted by atomic mass is 19.4. The van der Waals surface area contributed by atoms with Crippen LogP contribution in [0.15, 0.2) is 66.9 Å². The molecule has 0 aliphatic heterocycles. The van der Waals surface area contributed by atoms with Gasteiger partial charge in [-0.05, 0) is 42.5 Å². The lowest BCUT2D eigenvalue weighted by Crippen LogP contribution is -2.15. The van der Waals surface area contributed by atoms with Gasteiger partial charge in [0.05, 0.1) is 23.9 Å². The molecule has 0 aliphatic carbocycles. The van der Waals surface area contributed by atoms with Crippen LogP contribution >= 0.6 is 0 Å². The highest BCUT2D eigenvalue weighted by molar-refractivity contribution is 6.08. The first-order valence-corrected chi connectivity index (χ1v) is 8.22. The Kier molecular flexibility index (Phi) is 5.49. The summed E-state index contributed by atoms with van der Waals surface area (Å²) in [6, 6.07) is 14.6. The Balaban J connectivity index is 1.86. The van der Waals surface area contributed by atoms with E-state index in [9.17, 15) is 18.0 Å². The predicted molar refractivity (Wildman–Crippen MR) is 99.9 cm³/mol. The van der Waals surface area contributed by atoms with Crippen molar-refractivity contribution in [3.05, 3.63) is 78.0 Å². The van der Waals surface area contributed by atoms with Gasteiger partial charge in [-0.25, -0.2) is 4.98 Å². The molecule has 3 rings (SSSR count). The highest BCUT2D eigenvalue weighted by Crippen LogP contribution is 2.32. The Bertz CT molecular complexity index is 990. The lowest BCUT2D eigenvalue weighted by molar-refractivity contribution is -0.137. The number of rotatable bonds is 5. The van der Waals surface area contributed by atoms with Crippen LogP contribution in [0.25, 0.3) is 0 Å². The summed E-state index contributed by atoms with van der Waals surface area (Å²) < 4.78 is 43.9. The molecule has 0 atom stereocenters. The van der Waals surface area contributed by atoms with Crippen LogP contribution in [0.5, 0.6) is 5.75 Å². The van der Waals surface area contributed by atoms with Crippen LogP contribution < -0.4 is 15.4 Å². The number of methoxy groups -OCH3 is 1. The van der Waals surface area contributed by atoms with E-state index >= 15 is 0 Å². The van der Waals surface area contributed by atoms with E-state index in [1.165, 1.54) is 31.5 Å². The number of amides is 1. The van der Waals surface area contributed by atoms with Gasteiger partial charge in [0.1, 0.15) is 11.6 Å². The summed E-state index contributed by atoms with van der Waals surface area (Å²) in [7, 11) is 1.48. The average Bonchev–Trinajstić information content (AvgIpc) is 2.68. The molecular weight excluding hydrogens is 371 g/mol. The molecule has 2 aromatic carbocycles. The van der Waals surface area contributed by atoms with Crippen molar-refractivity contribution in [3.63, 3.8) is 0 Å². The summed E-state index contributed by atoms with van der Waals surface area (Å²) >= 11 is 0. The van der Waals surface area contributed by atoms with E-state index < -0.39 is 17.6 Å². The second-order valence-corrected chi connectivity index (χ2v) is 5.76. The van der Waals surface area contributed by atoms with Crippen LogP contribution in [0.1, 0.15) is 15.9 Å². The van der Waals surface area contributed by atoms with Crippen molar-refractivity contribution in [2.24, 2.45) is 0 Å². The number of halogens is 3. The fourth-order valence-corrected chi connectivity index (χ4v) is 2.54. The molecule has 5 nitrogen and oxygen atoms in total. The van der Waals surface area contributed by atoms with Crippen molar-refractivity contribution < 1.29 is 22.7 Å². The molecule has 0 unspecified atom stereocenters. The van der Waals surface area contributed by atoms with Crippen molar-refractivity contribution in [1.82, 2.24) is 4.98 Å². The molecule has 0 bridgehead atoms. The molecule has 0 spiro atoms. The monoisotopic (exact) mass is 387 g/mol. The smallest absolute Gasteiger partial charge is 0.416 e. The summed E-state index contributed by atoms with van der Waals surface area (Å²) in [4.78, 5) is 16.8. The normalized spacial score (nSPS) is 11.0. The molecule has 0 radical (unpaired) electrons. The number of para-hydroxylation sites is 2. The lowest BCUT2D eigenvalue weighted by atomic mass is 10.1. The number of carbonyl (C=O) groups excluding carboxylic acids is 1. The minimum absolute atomic E-state index is 0.134. The maximum Gasteiger partial charge on any atom is 0.416 e. The Morgan fingerprint density at radius 1 is 1.04 bits per heavy atom. The van der Waals surface area contributed by atoms with E-state index in [1.807, 2.05) is 0 Å². The van der Waals surface area contributed by atoms with E-state index in [0.717, 1.165) is 12.1 Å². The van der Waals surface area contributed by atoms with E-state index in [1.54, 1.807) is 30.3 Å². The molecule has 2 N–H and O–H groups in total. The SMILES string of the molecule is COc1ccccc1NC(=O)c1cccnc1Nc1cccc(C(F)(F)F)c1. The number of aromatic nitrogens is 1. The third-order valence-electron chi connectivity index (χ3n) is 3.86. The zero-order chi connectivity index (χ0) is 20.1. The molecule has 0 fully saturated rings. The van der Waals surface area contributed by atoms with Gasteiger partial charge in [-0.2, -0.15) is 13.2 Å². The van der Waals surface area contributed by atoms with Gasteiger partial charge in [0.15, 0.2) is 0 Å². The molecule has 0 saturated carbocycles. The summed E-state index contributed by atoms with van der Waals surface area (Å²) in [5.41, 5.74) is 0.00279. The number of alkyl halides is 3. The van der Waals surface area contributed by atoms with Crippen molar-refractivity contribution in [1.29, 1.82) is 0 Å². The maximum atomic E-state index is 12.9. The Labute approximate surface area is 159 Å². The van der Waals surface area contributed by atoms with Crippen molar-refractivity contribution in [2.45, 2.75) is 6.18 Å². The van der Waals surface area contributed by atoms with Crippen LogP contribution in [-0.4, -0.2) is 18.0 Å². The second-order valence-electron chi connectivity index (χ2n) is 5.76. The zero-order valence-corrected chi connectivity index (χ0v) is 14.7. The Morgan fingerprint density at radius 2 is 1.82 bits per heavy atom. The number of anilines is 3. The number of nitrogens with zero attached hydrogens (tertiary/aromatic N) is 1. The summed E-state index contributed by atoms with van der Waals surface area (Å²) in [5.74, 6) is 0.133. The molecule has 1 heterocycles. The van der Waals surface area contributed by atoms with Gasteiger partial charge < -0.3 is 15.4 Å². The topological polar surface area (TPSA) is 63.2 Å². The second kappa shape index (κ2) is 7.99. The predicted octanol–water partition coefficient (Wildman–Crippen LogP) is 5.10. The number of benzene rings is 2. The van der Waals surface area contributed by atoms with Crippen molar-refractivity contribution in [2.75, 3.05) is 17.7 Å². The Hall–Kier alpha value is -3.55. The number of nitrogens with one attached hydrogen (secondary N) is 2. The summed E-state index contributed by atoms with van der Waals surface area (Å²) in [5, 5.41) is 5.49. The van der Waals surface area contributed by atoms with E-state index in [-0.39, 0.29) is 17.1 Å². The Morgan fingerprint density at radius 3 is 2.57 bits per heavy atom. The van der Waals surface area contributed by atoms with Crippen LogP contribution in [0.3, 0.4) is 0 Å². The summed E-state index contributed by atoms with van der Waals surface area (Å²) in [6.45, 7) is 0. The first-order chi connectivity index (χ1) is 13.4. The van der Waals surface area contributed by atoms with Crippen LogP contribution in [0, 0.1) is 0 Å². The number of hydrogen-bond acceptors (Lipinski definition) is 4. The zero-order valence-electron chi connectivity index (χ0n) is 14.7. The minimum atomic E-state index is -4.47. The number of pyridine rings is 1. The first kappa shape index (κ1) is 19.2. The number of carbonyl (C=O) groups is 1. The van der Waals surface area contributed by atoms with Crippen molar-refractivity contribution in [3.8, 4) is 5.75 Å². The first-order valence-electron chi connectivity index (χ1n) is 8.22. The molecule has 0 aliphatic rings. The van der Waals surface area contributed by atoms with Gasteiger partial charge in [0, 0.05) is 11.9 Å². The third kappa shape index (κ3) is 4.40. The fourth-order valence-electron chi connectivity index (χ4n) is 2.54. The van der Waals surface area contributed by atoms with Crippen LogP contribution in [0.2, 0.25) is 0 Å². The fraction of sp³-hybridized carbons (Fsp3) is 0.100. The molecule has 3 aromatic rings. The molecule has 1 amide bonds. The van der Waals surface area contributed by atoms with E-state index in [4.69, 9.17) is 4.74 Å². The average molecular weight is 387 g/mol. The van der Waals surface area contributed by atoms with Gasteiger partial charge in [-0.3, -0.25) is 4.79 Å². The molecule has 1 aromatic heterocycles. The van der Waals surface area contributed by atoms with Gasteiger partial charge in [0.2, 0.25) is 0 Å². The van der Waals surface area contributed by atoms with Gasteiger partial charge in [-0.1, -0.05) is 18.2 Å². The molecule has 0 saturated heterocycles. The third-order valence-corrected chi connectivity index (χ3v) is 3.86. The van der Waals surface area contributed by atoms with E-state index in [0.29, 0.717) is 11.4 Å². The molecular formula is C20H16F3N3O2. The standard InChI is InChI=1S/C20H16F3N3O2/c1-28-17-10-3-2-9-16(17)26-19(27)15-8-5-11-24-18(15)25-14-7-4-6-13(12-14)20(21,22)23/h2-12H,1H3,(H,24,25)(H,26,27).